The summed E-state index contributed by atoms with van der Waals surface area (Å²) in [7, 11) is -5.07. The first-order chi connectivity index (χ1) is 12.2. The van der Waals surface area contributed by atoms with Crippen LogP contribution in [0.1, 0.15) is 16.7 Å². The first-order valence-corrected chi connectivity index (χ1v) is 9.48. The third-order valence-electron chi connectivity index (χ3n) is 4.22. The molecular formula is C17H16ClFN2O4S. The average molecular weight is 399 g/mol. The van der Waals surface area contributed by atoms with Gasteiger partial charge in [-0.05, 0) is 60.4 Å². The van der Waals surface area contributed by atoms with Gasteiger partial charge in [0.25, 0.3) is 0 Å². The van der Waals surface area contributed by atoms with Crippen LogP contribution in [0.15, 0.2) is 36.4 Å². The van der Waals surface area contributed by atoms with Gasteiger partial charge in [-0.25, -0.2) is 4.79 Å². The number of rotatable bonds is 3. The number of nitrogens with zero attached hydrogens (tertiary/aromatic N) is 1. The van der Waals surface area contributed by atoms with Crippen molar-refractivity contribution in [2.45, 2.75) is 19.9 Å². The van der Waals surface area contributed by atoms with Gasteiger partial charge in [-0.2, -0.15) is 8.42 Å². The Bertz CT molecular complexity index is 948. The molecule has 1 N–H and O–H groups in total. The summed E-state index contributed by atoms with van der Waals surface area (Å²) >= 11 is 6.16. The Kier molecular flexibility index (Phi) is 5.06. The zero-order valence-corrected chi connectivity index (χ0v) is 15.4. The summed E-state index contributed by atoms with van der Waals surface area (Å²) in [5, 5.41) is 3.39. The normalized spacial score (nSPS) is 13.9. The molecule has 1 aliphatic heterocycles. The lowest BCUT2D eigenvalue weighted by molar-refractivity contribution is 0.206. The highest BCUT2D eigenvalue weighted by molar-refractivity contribution is 7.81. The lowest BCUT2D eigenvalue weighted by Gasteiger charge is -2.30. The quantitative estimate of drug-likeness (QED) is 0.797. The van der Waals surface area contributed by atoms with Crippen LogP contribution in [0.25, 0.3) is 0 Å². The SMILES string of the molecule is Cc1c(Cl)ccc2c1CN(C(=O)Nc1ccc(OS(=O)(=O)F)cc1)CC2. The minimum absolute atomic E-state index is 0.178. The van der Waals surface area contributed by atoms with Gasteiger partial charge in [0.05, 0.1) is 0 Å². The van der Waals surface area contributed by atoms with Gasteiger partial charge in [0.2, 0.25) is 0 Å². The molecule has 9 heteroatoms. The van der Waals surface area contributed by atoms with Crippen LogP contribution in [0.3, 0.4) is 0 Å². The molecule has 0 atom stereocenters. The number of carbonyl (C=O) groups excluding carboxylic acids is 1. The minimum atomic E-state index is -5.07. The molecule has 0 radical (unpaired) electrons. The van der Waals surface area contributed by atoms with Crippen molar-refractivity contribution in [2.75, 3.05) is 11.9 Å². The van der Waals surface area contributed by atoms with Gasteiger partial charge < -0.3 is 14.4 Å². The van der Waals surface area contributed by atoms with Crippen LogP contribution in [0.2, 0.25) is 5.02 Å². The number of anilines is 1. The molecule has 2 aromatic carbocycles. The Balaban J connectivity index is 1.68. The topological polar surface area (TPSA) is 75.7 Å². The number of nitrogens with one attached hydrogen (secondary N) is 1. The van der Waals surface area contributed by atoms with Crippen molar-refractivity contribution in [2.24, 2.45) is 0 Å². The molecule has 1 heterocycles. The summed E-state index contributed by atoms with van der Waals surface area (Å²) in [5.74, 6) is -0.178. The molecule has 0 aliphatic carbocycles. The second kappa shape index (κ2) is 7.13. The number of hydrogen-bond acceptors (Lipinski definition) is 4. The summed E-state index contributed by atoms with van der Waals surface area (Å²) in [5.41, 5.74) is 3.64. The van der Waals surface area contributed by atoms with E-state index in [1.807, 2.05) is 19.1 Å². The first-order valence-electron chi connectivity index (χ1n) is 7.80. The van der Waals surface area contributed by atoms with E-state index in [0.29, 0.717) is 23.8 Å². The van der Waals surface area contributed by atoms with Crippen molar-refractivity contribution in [3.63, 3.8) is 0 Å². The maximum atomic E-state index is 12.5. The van der Waals surface area contributed by atoms with Crippen molar-refractivity contribution in [1.82, 2.24) is 4.90 Å². The zero-order chi connectivity index (χ0) is 18.9. The number of carbonyl (C=O) groups is 1. The molecule has 26 heavy (non-hydrogen) atoms. The Morgan fingerprint density at radius 3 is 2.58 bits per heavy atom. The highest BCUT2D eigenvalue weighted by Crippen LogP contribution is 2.28. The van der Waals surface area contributed by atoms with Crippen LogP contribution in [0, 0.1) is 6.92 Å². The standard InChI is InChI=1S/C17H16ClFN2O4S/c1-11-15-10-21(9-8-12(15)2-7-16(11)18)17(22)20-13-3-5-14(6-4-13)25-26(19,23)24/h2-7H,8-10H2,1H3,(H,20,22). The molecule has 0 spiro atoms. The Hall–Kier alpha value is -2.32. The molecule has 2 amide bonds. The predicted octanol–water partition coefficient (Wildman–Crippen LogP) is 3.83. The molecule has 0 bridgehead atoms. The van der Waals surface area contributed by atoms with E-state index < -0.39 is 10.5 Å². The fourth-order valence-corrected chi connectivity index (χ4v) is 3.37. The number of amides is 2. The van der Waals surface area contributed by atoms with Gasteiger partial charge in [-0.15, -0.1) is 0 Å². The molecular weight excluding hydrogens is 383 g/mol. The van der Waals surface area contributed by atoms with Gasteiger partial charge in [0.15, 0.2) is 0 Å². The Labute approximate surface area is 155 Å². The van der Waals surface area contributed by atoms with Crippen molar-refractivity contribution in [1.29, 1.82) is 0 Å². The Morgan fingerprint density at radius 1 is 1.23 bits per heavy atom. The van der Waals surface area contributed by atoms with E-state index in [-0.39, 0.29) is 11.8 Å². The molecule has 0 unspecified atom stereocenters. The van der Waals surface area contributed by atoms with E-state index in [9.17, 15) is 17.1 Å². The average Bonchev–Trinajstić information content (AvgIpc) is 2.58. The summed E-state index contributed by atoms with van der Waals surface area (Å²) in [4.78, 5) is 14.2. The predicted molar refractivity (Wildman–Crippen MR) is 96.4 cm³/mol. The van der Waals surface area contributed by atoms with Gasteiger partial charge in [0, 0.05) is 23.8 Å². The molecule has 0 saturated carbocycles. The lowest BCUT2D eigenvalue weighted by Crippen LogP contribution is -2.39. The van der Waals surface area contributed by atoms with E-state index in [0.717, 1.165) is 17.5 Å². The monoisotopic (exact) mass is 398 g/mol. The molecule has 2 aromatic rings. The van der Waals surface area contributed by atoms with Crippen LogP contribution in [-0.4, -0.2) is 25.9 Å². The molecule has 0 aromatic heterocycles. The highest BCUT2D eigenvalue weighted by atomic mass is 35.5. The summed E-state index contributed by atoms with van der Waals surface area (Å²) in [6.07, 6.45) is 0.738. The van der Waals surface area contributed by atoms with Crippen LogP contribution in [0.5, 0.6) is 5.75 Å². The highest BCUT2D eigenvalue weighted by Gasteiger charge is 2.23. The van der Waals surface area contributed by atoms with Crippen LogP contribution in [0.4, 0.5) is 14.4 Å². The van der Waals surface area contributed by atoms with Gasteiger partial charge >= 0.3 is 16.5 Å². The van der Waals surface area contributed by atoms with Crippen molar-refractivity contribution < 1.29 is 21.3 Å². The molecule has 1 aliphatic rings. The lowest BCUT2D eigenvalue weighted by atomic mass is 9.96. The maximum absolute atomic E-state index is 12.5. The largest absolute Gasteiger partial charge is 0.488 e. The van der Waals surface area contributed by atoms with Crippen molar-refractivity contribution in [3.05, 3.63) is 58.1 Å². The second-order valence-corrected chi connectivity index (χ2v) is 7.27. The summed E-state index contributed by atoms with van der Waals surface area (Å²) < 4.78 is 37.5. The molecule has 6 nitrogen and oxygen atoms in total. The third-order valence-corrected chi connectivity index (χ3v) is 5.02. The second-order valence-electron chi connectivity index (χ2n) is 5.91. The number of fused-ring (bicyclic) bond motifs is 1. The van der Waals surface area contributed by atoms with E-state index in [1.165, 1.54) is 29.8 Å². The van der Waals surface area contributed by atoms with Crippen molar-refractivity contribution in [3.8, 4) is 5.75 Å². The molecule has 0 fully saturated rings. The van der Waals surface area contributed by atoms with Crippen LogP contribution in [-0.2, 0) is 23.5 Å². The summed E-state index contributed by atoms with van der Waals surface area (Å²) in [6.45, 7) is 2.95. The van der Waals surface area contributed by atoms with Gasteiger partial charge in [-0.3, -0.25) is 0 Å². The Morgan fingerprint density at radius 2 is 1.92 bits per heavy atom. The van der Waals surface area contributed by atoms with Crippen LogP contribution >= 0.6 is 11.6 Å². The first kappa shape index (κ1) is 18.5. The van der Waals surface area contributed by atoms with Crippen LogP contribution < -0.4 is 9.50 Å². The van der Waals surface area contributed by atoms with E-state index in [1.54, 1.807) is 4.90 Å². The van der Waals surface area contributed by atoms with Gasteiger partial charge in [0.1, 0.15) is 5.75 Å². The molecule has 3 rings (SSSR count). The fourth-order valence-electron chi connectivity index (χ4n) is 2.85. The van der Waals surface area contributed by atoms with E-state index >= 15 is 0 Å². The fraction of sp³-hybridized carbons (Fsp3) is 0.235. The smallest absolute Gasteiger partial charge is 0.358 e. The molecule has 0 saturated heterocycles. The number of urea groups is 1. The van der Waals surface area contributed by atoms with Gasteiger partial charge in [-0.1, -0.05) is 21.6 Å². The number of hydrogen-bond donors (Lipinski definition) is 1. The third kappa shape index (κ3) is 4.25. The maximum Gasteiger partial charge on any atom is 0.488 e. The van der Waals surface area contributed by atoms with E-state index in [2.05, 4.69) is 9.50 Å². The summed E-state index contributed by atoms with van der Waals surface area (Å²) in [6, 6.07) is 8.92. The number of halogens is 2. The van der Waals surface area contributed by atoms with E-state index in [4.69, 9.17) is 11.6 Å². The minimum Gasteiger partial charge on any atom is -0.358 e. The molecule has 138 valence electrons. The number of benzene rings is 2. The van der Waals surface area contributed by atoms with Crippen molar-refractivity contribution >= 4 is 33.8 Å². The zero-order valence-electron chi connectivity index (χ0n) is 13.8.